The summed E-state index contributed by atoms with van der Waals surface area (Å²) >= 11 is 0. The van der Waals surface area contributed by atoms with E-state index in [1.165, 1.54) is 18.5 Å². The quantitative estimate of drug-likeness (QED) is 0.690. The molecule has 0 aliphatic rings. The Kier molecular flexibility index (Phi) is 7.63. The number of para-hydroxylation sites is 1. The van der Waals surface area contributed by atoms with Crippen LogP contribution in [0.3, 0.4) is 0 Å². The van der Waals surface area contributed by atoms with Crippen LogP contribution in [-0.4, -0.2) is 37.4 Å². The first-order chi connectivity index (χ1) is 9.65. The molecule has 0 aromatic heterocycles. The van der Waals surface area contributed by atoms with Crippen LogP contribution in [-0.2, 0) is 0 Å². The molecule has 0 fully saturated rings. The third kappa shape index (κ3) is 5.51. The minimum Gasteiger partial charge on any atom is -0.394 e. The second kappa shape index (κ2) is 8.98. The third-order valence-corrected chi connectivity index (χ3v) is 4.01. The van der Waals surface area contributed by atoms with Crippen molar-refractivity contribution in [2.75, 3.05) is 31.6 Å². The fourth-order valence-electron chi connectivity index (χ4n) is 2.30. The minimum atomic E-state index is -0.160. The van der Waals surface area contributed by atoms with E-state index >= 15 is 0 Å². The van der Waals surface area contributed by atoms with Gasteiger partial charge in [0, 0.05) is 24.3 Å². The van der Waals surface area contributed by atoms with Crippen molar-refractivity contribution in [3.05, 3.63) is 30.3 Å². The summed E-state index contributed by atoms with van der Waals surface area (Å²) in [6.07, 6.45) is 4.50. The van der Waals surface area contributed by atoms with Gasteiger partial charge in [-0.25, -0.2) is 0 Å². The van der Waals surface area contributed by atoms with Crippen molar-refractivity contribution in [3.63, 3.8) is 0 Å². The number of anilines is 1. The molecular formula is C17H30N2O. The summed E-state index contributed by atoms with van der Waals surface area (Å²) in [5.74, 6) is 0. The molecule has 0 saturated carbocycles. The van der Waals surface area contributed by atoms with Crippen LogP contribution >= 0.6 is 0 Å². The molecule has 1 atom stereocenters. The predicted octanol–water partition coefficient (Wildman–Crippen LogP) is 3.04. The molecule has 0 aliphatic heterocycles. The van der Waals surface area contributed by atoms with Crippen LogP contribution in [0.25, 0.3) is 0 Å². The number of nitrogens with zero attached hydrogens (tertiary/aromatic N) is 1. The first-order valence-corrected chi connectivity index (χ1v) is 7.75. The average Bonchev–Trinajstić information content (AvgIpc) is 2.51. The van der Waals surface area contributed by atoms with Gasteiger partial charge in [0.1, 0.15) is 0 Å². The summed E-state index contributed by atoms with van der Waals surface area (Å²) in [6.45, 7) is 6.64. The van der Waals surface area contributed by atoms with Gasteiger partial charge in [-0.15, -0.1) is 0 Å². The largest absolute Gasteiger partial charge is 0.394 e. The maximum Gasteiger partial charge on any atom is 0.0610 e. The van der Waals surface area contributed by atoms with Gasteiger partial charge in [-0.3, -0.25) is 0 Å². The van der Waals surface area contributed by atoms with E-state index < -0.39 is 0 Å². The zero-order chi connectivity index (χ0) is 14.8. The van der Waals surface area contributed by atoms with E-state index in [0.29, 0.717) is 0 Å². The first kappa shape index (κ1) is 17.0. The monoisotopic (exact) mass is 278 g/mol. The maximum absolute atomic E-state index is 9.43. The number of benzene rings is 1. The summed E-state index contributed by atoms with van der Waals surface area (Å²) in [5.41, 5.74) is 1.14. The SMILES string of the molecule is CCCCN(CCCC(C)(CO)NC)c1ccccc1. The maximum atomic E-state index is 9.43. The summed E-state index contributed by atoms with van der Waals surface area (Å²) in [7, 11) is 1.92. The molecule has 1 rings (SSSR count). The Morgan fingerprint density at radius 3 is 2.35 bits per heavy atom. The van der Waals surface area contributed by atoms with Crippen LogP contribution < -0.4 is 10.2 Å². The van der Waals surface area contributed by atoms with Crippen molar-refractivity contribution in [3.8, 4) is 0 Å². The molecule has 1 unspecified atom stereocenters. The molecule has 3 nitrogen and oxygen atoms in total. The summed E-state index contributed by atoms with van der Waals surface area (Å²) in [5, 5.41) is 12.6. The highest BCUT2D eigenvalue weighted by atomic mass is 16.3. The number of aliphatic hydroxyl groups excluding tert-OH is 1. The highest BCUT2D eigenvalue weighted by Gasteiger charge is 2.20. The lowest BCUT2D eigenvalue weighted by atomic mass is 9.97. The lowest BCUT2D eigenvalue weighted by Gasteiger charge is -2.30. The van der Waals surface area contributed by atoms with Crippen LogP contribution in [0.15, 0.2) is 30.3 Å². The second-order valence-electron chi connectivity index (χ2n) is 5.75. The Labute approximate surface area is 124 Å². The Bertz CT molecular complexity index is 349. The zero-order valence-electron chi connectivity index (χ0n) is 13.2. The van der Waals surface area contributed by atoms with Crippen molar-refractivity contribution in [2.45, 2.75) is 45.1 Å². The van der Waals surface area contributed by atoms with Crippen molar-refractivity contribution in [1.29, 1.82) is 0 Å². The Hall–Kier alpha value is -1.06. The first-order valence-electron chi connectivity index (χ1n) is 7.75. The Morgan fingerprint density at radius 1 is 1.15 bits per heavy atom. The molecule has 0 spiro atoms. The zero-order valence-corrected chi connectivity index (χ0v) is 13.2. The molecule has 0 radical (unpaired) electrons. The van der Waals surface area contributed by atoms with Crippen LogP contribution in [0.2, 0.25) is 0 Å². The van der Waals surface area contributed by atoms with Crippen molar-refractivity contribution >= 4 is 5.69 Å². The molecular weight excluding hydrogens is 248 g/mol. The van der Waals surface area contributed by atoms with E-state index in [0.717, 1.165) is 25.9 Å². The van der Waals surface area contributed by atoms with E-state index in [-0.39, 0.29) is 12.1 Å². The smallest absolute Gasteiger partial charge is 0.0610 e. The number of likely N-dealkylation sites (N-methyl/N-ethyl adjacent to an activating group) is 1. The van der Waals surface area contributed by atoms with Crippen molar-refractivity contribution in [2.24, 2.45) is 0 Å². The fraction of sp³-hybridized carbons (Fsp3) is 0.647. The van der Waals surface area contributed by atoms with Crippen molar-refractivity contribution in [1.82, 2.24) is 5.32 Å². The molecule has 0 saturated heterocycles. The summed E-state index contributed by atoms with van der Waals surface area (Å²) in [6, 6.07) is 10.6. The number of rotatable bonds is 10. The van der Waals surface area contributed by atoms with Gasteiger partial charge in [0.2, 0.25) is 0 Å². The lowest BCUT2D eigenvalue weighted by Crippen LogP contribution is -2.44. The topological polar surface area (TPSA) is 35.5 Å². The molecule has 20 heavy (non-hydrogen) atoms. The third-order valence-electron chi connectivity index (χ3n) is 4.01. The number of hydrogen-bond donors (Lipinski definition) is 2. The van der Waals surface area contributed by atoms with Gasteiger partial charge < -0.3 is 15.3 Å². The van der Waals surface area contributed by atoms with E-state index in [1.54, 1.807) is 0 Å². The molecule has 0 aliphatic carbocycles. The highest BCUT2D eigenvalue weighted by Crippen LogP contribution is 2.17. The van der Waals surface area contributed by atoms with E-state index in [1.807, 2.05) is 7.05 Å². The summed E-state index contributed by atoms with van der Waals surface area (Å²) in [4.78, 5) is 2.46. The highest BCUT2D eigenvalue weighted by molar-refractivity contribution is 5.45. The normalized spacial score (nSPS) is 14.0. The second-order valence-corrected chi connectivity index (χ2v) is 5.75. The lowest BCUT2D eigenvalue weighted by molar-refractivity contribution is 0.172. The summed E-state index contributed by atoms with van der Waals surface area (Å²) < 4.78 is 0. The molecule has 0 bridgehead atoms. The minimum absolute atomic E-state index is 0.160. The van der Waals surface area contributed by atoms with Gasteiger partial charge >= 0.3 is 0 Å². The molecule has 3 heteroatoms. The molecule has 0 heterocycles. The van der Waals surface area contributed by atoms with Crippen LogP contribution in [0.4, 0.5) is 5.69 Å². The predicted molar refractivity (Wildman–Crippen MR) is 87.3 cm³/mol. The molecule has 114 valence electrons. The molecule has 1 aromatic rings. The van der Waals surface area contributed by atoms with Gasteiger partial charge in [0.25, 0.3) is 0 Å². The molecule has 2 N–H and O–H groups in total. The number of unbranched alkanes of at least 4 members (excludes halogenated alkanes) is 1. The average molecular weight is 278 g/mol. The van der Waals surface area contributed by atoms with E-state index in [4.69, 9.17) is 0 Å². The van der Waals surface area contributed by atoms with Gasteiger partial charge in [-0.2, -0.15) is 0 Å². The standard InChI is InChI=1S/C17H30N2O/c1-4-5-13-19(16-10-7-6-8-11-16)14-9-12-17(2,15-20)18-3/h6-8,10-11,18,20H,4-5,9,12-15H2,1-3H3. The van der Waals surface area contributed by atoms with E-state index in [9.17, 15) is 5.11 Å². The molecule has 1 aromatic carbocycles. The Morgan fingerprint density at radius 2 is 1.80 bits per heavy atom. The number of aliphatic hydroxyl groups is 1. The molecule has 0 amide bonds. The van der Waals surface area contributed by atoms with Crippen LogP contribution in [0, 0.1) is 0 Å². The van der Waals surface area contributed by atoms with Crippen molar-refractivity contribution < 1.29 is 5.11 Å². The number of nitrogens with one attached hydrogen (secondary N) is 1. The van der Waals surface area contributed by atoms with E-state index in [2.05, 4.69) is 54.4 Å². The van der Waals surface area contributed by atoms with Gasteiger partial charge in [0.15, 0.2) is 0 Å². The van der Waals surface area contributed by atoms with Crippen LogP contribution in [0.5, 0.6) is 0 Å². The van der Waals surface area contributed by atoms with Gasteiger partial charge in [-0.05, 0) is 45.4 Å². The fourth-order valence-corrected chi connectivity index (χ4v) is 2.30. The van der Waals surface area contributed by atoms with Gasteiger partial charge in [-0.1, -0.05) is 31.5 Å². The number of hydrogen-bond acceptors (Lipinski definition) is 3. The van der Waals surface area contributed by atoms with Crippen LogP contribution in [0.1, 0.15) is 39.5 Å². The Balaban J connectivity index is 2.53. The van der Waals surface area contributed by atoms with Gasteiger partial charge in [0.05, 0.1) is 6.61 Å².